The standard InChI is InChI=1S/C23H19FN2O4/c1-15-11-12-17(24)13-20(15)25-21(27)14-30-23(29)18-9-5-6-10-19(18)26-22(28)16-7-3-2-4-8-16/h2-13H,14H2,1H3,(H,25,27)(H,26,28). The van der Waals surface area contributed by atoms with Crippen LogP contribution in [-0.2, 0) is 9.53 Å². The van der Waals surface area contributed by atoms with Gasteiger partial charge in [0, 0.05) is 11.3 Å². The number of hydrogen-bond donors (Lipinski definition) is 2. The van der Waals surface area contributed by atoms with Crippen molar-refractivity contribution in [2.75, 3.05) is 17.2 Å². The molecule has 7 heteroatoms. The molecule has 2 N–H and O–H groups in total. The summed E-state index contributed by atoms with van der Waals surface area (Å²) in [6.07, 6.45) is 0. The minimum absolute atomic E-state index is 0.108. The quantitative estimate of drug-likeness (QED) is 0.602. The van der Waals surface area contributed by atoms with Gasteiger partial charge in [-0.3, -0.25) is 9.59 Å². The summed E-state index contributed by atoms with van der Waals surface area (Å²) in [5.74, 6) is -2.25. The zero-order valence-electron chi connectivity index (χ0n) is 16.1. The SMILES string of the molecule is Cc1ccc(F)cc1NC(=O)COC(=O)c1ccccc1NC(=O)c1ccccc1. The number of ether oxygens (including phenoxy) is 1. The van der Waals surface area contributed by atoms with Gasteiger partial charge >= 0.3 is 5.97 Å². The number of para-hydroxylation sites is 1. The fraction of sp³-hybridized carbons (Fsp3) is 0.0870. The van der Waals surface area contributed by atoms with Gasteiger partial charge in [0.05, 0.1) is 11.3 Å². The molecular formula is C23H19FN2O4. The molecule has 6 nitrogen and oxygen atoms in total. The Bertz CT molecular complexity index is 1080. The Hall–Kier alpha value is -4.00. The molecule has 3 aromatic carbocycles. The Balaban J connectivity index is 1.64. The third kappa shape index (κ3) is 5.29. The van der Waals surface area contributed by atoms with Crippen LogP contribution < -0.4 is 10.6 Å². The van der Waals surface area contributed by atoms with Crippen molar-refractivity contribution in [2.24, 2.45) is 0 Å². The molecule has 30 heavy (non-hydrogen) atoms. The van der Waals surface area contributed by atoms with Crippen molar-refractivity contribution in [3.63, 3.8) is 0 Å². The molecule has 0 aliphatic heterocycles. The molecule has 0 aromatic heterocycles. The highest BCUT2D eigenvalue weighted by atomic mass is 19.1. The molecule has 0 bridgehead atoms. The van der Waals surface area contributed by atoms with Crippen molar-refractivity contribution < 1.29 is 23.5 Å². The maximum Gasteiger partial charge on any atom is 0.340 e. The average molecular weight is 406 g/mol. The highest BCUT2D eigenvalue weighted by Crippen LogP contribution is 2.18. The minimum Gasteiger partial charge on any atom is -0.452 e. The molecule has 2 amide bonds. The zero-order chi connectivity index (χ0) is 21.5. The first-order valence-corrected chi connectivity index (χ1v) is 9.12. The van der Waals surface area contributed by atoms with E-state index in [1.807, 2.05) is 0 Å². The number of anilines is 2. The number of hydrogen-bond acceptors (Lipinski definition) is 4. The van der Waals surface area contributed by atoms with Crippen LogP contribution in [0.4, 0.5) is 15.8 Å². The molecule has 0 aliphatic carbocycles. The topological polar surface area (TPSA) is 84.5 Å². The summed E-state index contributed by atoms with van der Waals surface area (Å²) >= 11 is 0. The highest BCUT2D eigenvalue weighted by Gasteiger charge is 2.17. The van der Waals surface area contributed by atoms with Crippen molar-refractivity contribution in [3.05, 3.63) is 95.3 Å². The van der Waals surface area contributed by atoms with Crippen LogP contribution >= 0.6 is 0 Å². The first-order valence-electron chi connectivity index (χ1n) is 9.12. The predicted molar refractivity (Wildman–Crippen MR) is 111 cm³/mol. The number of carbonyl (C=O) groups excluding carboxylic acids is 3. The van der Waals surface area contributed by atoms with Crippen molar-refractivity contribution in [1.29, 1.82) is 0 Å². The van der Waals surface area contributed by atoms with Gasteiger partial charge in [-0.25, -0.2) is 9.18 Å². The Morgan fingerprint density at radius 3 is 2.33 bits per heavy atom. The lowest BCUT2D eigenvalue weighted by molar-refractivity contribution is -0.119. The van der Waals surface area contributed by atoms with Crippen LogP contribution in [0.5, 0.6) is 0 Å². The summed E-state index contributed by atoms with van der Waals surface area (Å²) in [6, 6.07) is 18.9. The number of aryl methyl sites for hydroxylation is 1. The smallest absolute Gasteiger partial charge is 0.340 e. The van der Waals surface area contributed by atoms with E-state index in [4.69, 9.17) is 4.74 Å². The number of amides is 2. The molecule has 0 spiro atoms. The average Bonchev–Trinajstić information content (AvgIpc) is 2.75. The second-order valence-corrected chi connectivity index (χ2v) is 6.45. The molecule has 0 radical (unpaired) electrons. The fourth-order valence-corrected chi connectivity index (χ4v) is 2.68. The molecule has 0 aliphatic rings. The maximum atomic E-state index is 13.3. The van der Waals surface area contributed by atoms with E-state index in [0.29, 0.717) is 16.8 Å². The third-order valence-corrected chi connectivity index (χ3v) is 4.24. The summed E-state index contributed by atoms with van der Waals surface area (Å²) < 4.78 is 18.4. The van der Waals surface area contributed by atoms with Crippen LogP contribution in [0.2, 0.25) is 0 Å². The van der Waals surface area contributed by atoms with E-state index in [2.05, 4.69) is 10.6 Å². The van der Waals surface area contributed by atoms with Gasteiger partial charge in [-0.15, -0.1) is 0 Å². The van der Waals surface area contributed by atoms with E-state index >= 15 is 0 Å². The lowest BCUT2D eigenvalue weighted by Gasteiger charge is -2.12. The van der Waals surface area contributed by atoms with Gasteiger partial charge in [0.25, 0.3) is 11.8 Å². The van der Waals surface area contributed by atoms with Crippen molar-refractivity contribution in [3.8, 4) is 0 Å². The number of carbonyl (C=O) groups is 3. The number of rotatable bonds is 6. The lowest BCUT2D eigenvalue weighted by atomic mass is 10.1. The Labute approximate surface area is 172 Å². The van der Waals surface area contributed by atoms with Gasteiger partial charge in [-0.2, -0.15) is 0 Å². The number of halogens is 1. The first-order chi connectivity index (χ1) is 14.4. The second kappa shape index (κ2) is 9.47. The monoisotopic (exact) mass is 406 g/mol. The summed E-state index contributed by atoms with van der Waals surface area (Å²) in [5, 5.41) is 5.17. The molecule has 0 unspecified atom stereocenters. The van der Waals surface area contributed by atoms with Gasteiger partial charge in [0.2, 0.25) is 0 Å². The first kappa shape index (κ1) is 20.7. The van der Waals surface area contributed by atoms with Gasteiger partial charge in [-0.05, 0) is 48.9 Å². The molecule has 3 aromatic rings. The molecule has 0 fully saturated rings. The summed E-state index contributed by atoms with van der Waals surface area (Å²) in [7, 11) is 0. The van der Waals surface area contributed by atoms with Crippen molar-refractivity contribution >= 4 is 29.2 Å². The van der Waals surface area contributed by atoms with Gasteiger partial charge < -0.3 is 15.4 Å². The predicted octanol–water partition coefficient (Wildman–Crippen LogP) is 4.18. The van der Waals surface area contributed by atoms with Gasteiger partial charge in [-0.1, -0.05) is 36.4 Å². The molecule has 3 rings (SSSR count). The van der Waals surface area contributed by atoms with E-state index < -0.39 is 24.3 Å². The van der Waals surface area contributed by atoms with E-state index in [1.165, 1.54) is 24.3 Å². The molecular weight excluding hydrogens is 387 g/mol. The van der Waals surface area contributed by atoms with E-state index in [1.54, 1.807) is 55.5 Å². The molecule has 0 heterocycles. The minimum atomic E-state index is -0.773. The number of benzene rings is 3. The lowest BCUT2D eigenvalue weighted by Crippen LogP contribution is -2.22. The van der Waals surface area contributed by atoms with Crippen LogP contribution in [0.3, 0.4) is 0 Å². The molecule has 0 saturated carbocycles. The zero-order valence-corrected chi connectivity index (χ0v) is 16.1. The second-order valence-electron chi connectivity index (χ2n) is 6.45. The number of nitrogens with one attached hydrogen (secondary N) is 2. The van der Waals surface area contributed by atoms with E-state index in [0.717, 1.165) is 0 Å². The van der Waals surface area contributed by atoms with Crippen molar-refractivity contribution in [2.45, 2.75) is 6.92 Å². The normalized spacial score (nSPS) is 10.2. The fourth-order valence-electron chi connectivity index (χ4n) is 2.68. The van der Waals surface area contributed by atoms with E-state index in [9.17, 15) is 18.8 Å². The van der Waals surface area contributed by atoms with Gasteiger partial charge in [0.1, 0.15) is 5.82 Å². The Kier molecular flexibility index (Phi) is 6.54. The summed E-state index contributed by atoms with van der Waals surface area (Å²) in [4.78, 5) is 36.9. The third-order valence-electron chi connectivity index (χ3n) is 4.24. The largest absolute Gasteiger partial charge is 0.452 e. The molecule has 0 saturated heterocycles. The Morgan fingerprint density at radius 2 is 1.57 bits per heavy atom. The summed E-state index contributed by atoms with van der Waals surface area (Å²) in [5.41, 5.74) is 1.77. The number of esters is 1. The van der Waals surface area contributed by atoms with Crippen LogP contribution in [0.15, 0.2) is 72.8 Å². The van der Waals surface area contributed by atoms with Crippen LogP contribution in [0.1, 0.15) is 26.3 Å². The molecule has 0 atom stereocenters. The van der Waals surface area contributed by atoms with E-state index in [-0.39, 0.29) is 17.2 Å². The van der Waals surface area contributed by atoms with Crippen LogP contribution in [0.25, 0.3) is 0 Å². The van der Waals surface area contributed by atoms with Gasteiger partial charge in [0.15, 0.2) is 6.61 Å². The van der Waals surface area contributed by atoms with Crippen LogP contribution in [-0.4, -0.2) is 24.4 Å². The highest BCUT2D eigenvalue weighted by molar-refractivity contribution is 6.08. The summed E-state index contributed by atoms with van der Waals surface area (Å²) in [6.45, 7) is 1.16. The van der Waals surface area contributed by atoms with Crippen molar-refractivity contribution in [1.82, 2.24) is 0 Å². The Morgan fingerprint density at radius 1 is 0.867 bits per heavy atom. The maximum absolute atomic E-state index is 13.3. The van der Waals surface area contributed by atoms with Crippen LogP contribution in [0, 0.1) is 12.7 Å². The molecule has 152 valence electrons.